The van der Waals surface area contributed by atoms with Gasteiger partial charge in [-0.2, -0.15) is 0 Å². The van der Waals surface area contributed by atoms with Crippen molar-refractivity contribution in [1.82, 2.24) is 5.32 Å². The third-order valence-corrected chi connectivity index (χ3v) is 4.20. The van der Waals surface area contributed by atoms with Crippen LogP contribution < -0.4 is 10.6 Å². The molecule has 110 valence electrons. The van der Waals surface area contributed by atoms with E-state index < -0.39 is 0 Å². The summed E-state index contributed by atoms with van der Waals surface area (Å²) in [5.41, 5.74) is 1.81. The maximum Gasteiger partial charge on any atom is 0.251 e. The molecule has 1 aliphatic rings. The highest BCUT2D eigenvalue weighted by molar-refractivity contribution is 5.95. The van der Waals surface area contributed by atoms with Crippen LogP contribution in [-0.4, -0.2) is 18.5 Å². The van der Waals surface area contributed by atoms with Crippen molar-refractivity contribution in [3.63, 3.8) is 0 Å². The van der Waals surface area contributed by atoms with E-state index >= 15 is 0 Å². The fraction of sp³-hybridized carbons (Fsp3) is 0.588. The van der Waals surface area contributed by atoms with Crippen LogP contribution >= 0.6 is 0 Å². The highest BCUT2D eigenvalue weighted by atomic mass is 16.1. The normalized spacial score (nSPS) is 21.7. The Bertz CT molecular complexity index is 444. The summed E-state index contributed by atoms with van der Waals surface area (Å²) >= 11 is 0. The van der Waals surface area contributed by atoms with Crippen molar-refractivity contribution in [1.29, 1.82) is 0 Å². The lowest BCUT2D eigenvalue weighted by Gasteiger charge is -2.21. The molecule has 1 saturated carbocycles. The van der Waals surface area contributed by atoms with E-state index in [2.05, 4.69) is 30.5 Å². The number of carbonyl (C=O) groups is 1. The first kappa shape index (κ1) is 14.9. The summed E-state index contributed by atoms with van der Waals surface area (Å²) in [7, 11) is 0. The maximum absolute atomic E-state index is 12.0. The Morgan fingerprint density at radius 3 is 2.90 bits per heavy atom. The monoisotopic (exact) mass is 274 g/mol. The van der Waals surface area contributed by atoms with Gasteiger partial charge in [-0.3, -0.25) is 4.79 Å². The standard InChI is InChI=1S/C17H26N2O/c1-3-11-18-17(20)14-8-5-9-15(12-14)19-16-10-6-7-13(16)4-2/h5,8-9,12-13,16,19H,3-4,6-7,10-11H2,1-2H3,(H,18,20). The van der Waals surface area contributed by atoms with Crippen LogP contribution in [0.1, 0.15) is 56.3 Å². The molecule has 2 N–H and O–H groups in total. The number of amides is 1. The Morgan fingerprint density at radius 2 is 2.15 bits per heavy atom. The quantitative estimate of drug-likeness (QED) is 0.828. The zero-order chi connectivity index (χ0) is 14.4. The van der Waals surface area contributed by atoms with Gasteiger partial charge in [-0.25, -0.2) is 0 Å². The molecular formula is C17H26N2O. The summed E-state index contributed by atoms with van der Waals surface area (Å²) in [6.07, 6.45) is 6.07. The summed E-state index contributed by atoms with van der Waals surface area (Å²) in [4.78, 5) is 12.0. The lowest BCUT2D eigenvalue weighted by Crippen LogP contribution is -2.25. The van der Waals surface area contributed by atoms with E-state index in [9.17, 15) is 4.79 Å². The number of hydrogen-bond donors (Lipinski definition) is 2. The maximum atomic E-state index is 12.0. The van der Waals surface area contributed by atoms with Gasteiger partial charge in [-0.15, -0.1) is 0 Å². The van der Waals surface area contributed by atoms with Gasteiger partial charge in [0.15, 0.2) is 0 Å². The second-order valence-corrected chi connectivity index (χ2v) is 5.69. The van der Waals surface area contributed by atoms with Crippen LogP contribution in [0.3, 0.4) is 0 Å². The molecule has 0 saturated heterocycles. The van der Waals surface area contributed by atoms with Crippen LogP contribution in [0.15, 0.2) is 24.3 Å². The zero-order valence-corrected chi connectivity index (χ0v) is 12.6. The third kappa shape index (κ3) is 3.75. The summed E-state index contributed by atoms with van der Waals surface area (Å²) in [5, 5.41) is 6.54. The molecule has 2 atom stereocenters. The first-order chi connectivity index (χ1) is 9.74. The van der Waals surface area contributed by atoms with E-state index in [1.54, 1.807) is 0 Å². The smallest absolute Gasteiger partial charge is 0.251 e. The van der Waals surface area contributed by atoms with Crippen LogP contribution in [-0.2, 0) is 0 Å². The van der Waals surface area contributed by atoms with Gasteiger partial charge in [-0.1, -0.05) is 32.8 Å². The fourth-order valence-corrected chi connectivity index (χ4v) is 3.02. The molecule has 0 bridgehead atoms. The molecule has 2 unspecified atom stereocenters. The van der Waals surface area contributed by atoms with Crippen LogP contribution in [0.2, 0.25) is 0 Å². The lowest BCUT2D eigenvalue weighted by atomic mass is 10.0. The molecule has 3 heteroatoms. The Balaban J connectivity index is 2.00. The van der Waals surface area contributed by atoms with Crippen LogP contribution in [0.25, 0.3) is 0 Å². The van der Waals surface area contributed by atoms with Crippen LogP contribution in [0, 0.1) is 5.92 Å². The number of nitrogens with one attached hydrogen (secondary N) is 2. The molecule has 1 amide bonds. The second kappa shape index (κ2) is 7.32. The molecule has 1 fully saturated rings. The van der Waals surface area contributed by atoms with Gasteiger partial charge in [0.05, 0.1) is 0 Å². The van der Waals surface area contributed by atoms with Crippen LogP contribution in [0.4, 0.5) is 5.69 Å². The van der Waals surface area contributed by atoms with Crippen molar-refractivity contribution in [3.8, 4) is 0 Å². The topological polar surface area (TPSA) is 41.1 Å². The van der Waals surface area contributed by atoms with E-state index in [0.717, 1.165) is 30.1 Å². The van der Waals surface area contributed by atoms with Gasteiger partial charge in [0, 0.05) is 23.8 Å². The lowest BCUT2D eigenvalue weighted by molar-refractivity contribution is 0.0953. The summed E-state index contributed by atoms with van der Waals surface area (Å²) < 4.78 is 0. The number of anilines is 1. The molecule has 0 aliphatic heterocycles. The fourth-order valence-electron chi connectivity index (χ4n) is 3.02. The highest BCUT2D eigenvalue weighted by Gasteiger charge is 2.25. The van der Waals surface area contributed by atoms with Crippen molar-refractivity contribution in [2.75, 3.05) is 11.9 Å². The summed E-state index contributed by atoms with van der Waals surface area (Å²) in [6, 6.07) is 8.42. The molecule has 3 nitrogen and oxygen atoms in total. The van der Waals surface area contributed by atoms with Gasteiger partial charge in [-0.05, 0) is 43.4 Å². The van der Waals surface area contributed by atoms with Crippen LogP contribution in [0.5, 0.6) is 0 Å². The molecule has 1 aliphatic carbocycles. The number of benzene rings is 1. The molecule has 1 aromatic carbocycles. The second-order valence-electron chi connectivity index (χ2n) is 5.69. The summed E-state index contributed by atoms with van der Waals surface area (Å²) in [6.45, 7) is 5.06. The molecule has 0 spiro atoms. The first-order valence-electron chi connectivity index (χ1n) is 7.89. The Kier molecular flexibility index (Phi) is 5.45. The van der Waals surface area contributed by atoms with Gasteiger partial charge in [0.1, 0.15) is 0 Å². The minimum Gasteiger partial charge on any atom is -0.382 e. The SMILES string of the molecule is CCCNC(=O)c1cccc(NC2CCCC2CC)c1. The van der Waals surface area contributed by atoms with Crippen molar-refractivity contribution in [3.05, 3.63) is 29.8 Å². The van der Waals surface area contributed by atoms with E-state index in [-0.39, 0.29) is 5.91 Å². The molecule has 0 radical (unpaired) electrons. The minimum atomic E-state index is 0.0222. The largest absolute Gasteiger partial charge is 0.382 e. The van der Waals surface area contributed by atoms with E-state index in [1.807, 2.05) is 18.2 Å². The van der Waals surface area contributed by atoms with E-state index in [4.69, 9.17) is 0 Å². The van der Waals surface area contributed by atoms with E-state index in [0.29, 0.717) is 6.04 Å². The van der Waals surface area contributed by atoms with Gasteiger partial charge < -0.3 is 10.6 Å². The van der Waals surface area contributed by atoms with Crippen molar-refractivity contribution < 1.29 is 4.79 Å². The minimum absolute atomic E-state index is 0.0222. The van der Waals surface area contributed by atoms with Crippen molar-refractivity contribution in [2.24, 2.45) is 5.92 Å². The number of carbonyl (C=O) groups excluding carboxylic acids is 1. The van der Waals surface area contributed by atoms with Gasteiger partial charge in [0.25, 0.3) is 5.91 Å². The van der Waals surface area contributed by atoms with Gasteiger partial charge >= 0.3 is 0 Å². The number of hydrogen-bond acceptors (Lipinski definition) is 2. The predicted molar refractivity (Wildman–Crippen MR) is 84.1 cm³/mol. The zero-order valence-electron chi connectivity index (χ0n) is 12.6. The average Bonchev–Trinajstić information content (AvgIpc) is 2.92. The average molecular weight is 274 g/mol. The molecule has 0 heterocycles. The first-order valence-corrected chi connectivity index (χ1v) is 7.89. The Morgan fingerprint density at radius 1 is 1.30 bits per heavy atom. The highest BCUT2D eigenvalue weighted by Crippen LogP contribution is 2.30. The predicted octanol–water partition coefficient (Wildman–Crippen LogP) is 3.82. The molecule has 20 heavy (non-hydrogen) atoms. The Labute approximate surface area is 122 Å². The molecule has 0 aromatic heterocycles. The molecule has 1 aromatic rings. The van der Waals surface area contributed by atoms with E-state index in [1.165, 1.54) is 25.7 Å². The third-order valence-electron chi connectivity index (χ3n) is 4.20. The van der Waals surface area contributed by atoms with Crippen molar-refractivity contribution >= 4 is 11.6 Å². The van der Waals surface area contributed by atoms with Gasteiger partial charge in [0.2, 0.25) is 0 Å². The molecule has 2 rings (SSSR count). The summed E-state index contributed by atoms with van der Waals surface area (Å²) in [5.74, 6) is 0.793. The Hall–Kier alpha value is -1.51. The number of rotatable bonds is 6. The molecular weight excluding hydrogens is 248 g/mol. The van der Waals surface area contributed by atoms with Crippen molar-refractivity contribution in [2.45, 2.75) is 52.0 Å².